The normalized spacial score (nSPS) is 12.4. The number of halogens is 6. The van der Waals surface area contributed by atoms with E-state index < -0.39 is 51.1 Å². The van der Waals surface area contributed by atoms with Crippen molar-refractivity contribution < 1.29 is 35.3 Å². The van der Waals surface area contributed by atoms with E-state index in [4.69, 9.17) is 0 Å². The van der Waals surface area contributed by atoms with Crippen LogP contribution in [0.2, 0.25) is 0 Å². The number of aryl methyl sites for hydroxylation is 1. The number of alkyl halides is 3. The van der Waals surface area contributed by atoms with Crippen molar-refractivity contribution in [3.8, 4) is 5.75 Å². The summed E-state index contributed by atoms with van der Waals surface area (Å²) in [5.74, 6) is -4.16. The van der Waals surface area contributed by atoms with Gasteiger partial charge in [0.05, 0.1) is 11.4 Å². The van der Waals surface area contributed by atoms with Gasteiger partial charge in [-0.15, -0.1) is 13.2 Å². The predicted molar refractivity (Wildman–Crippen MR) is 104 cm³/mol. The van der Waals surface area contributed by atoms with Crippen LogP contribution in [0.25, 0.3) is 0 Å². The zero-order valence-electron chi connectivity index (χ0n) is 15.7. The Kier molecular flexibility index (Phi) is 6.44. The van der Waals surface area contributed by atoms with Crippen molar-refractivity contribution in [2.24, 2.45) is 0 Å². The summed E-state index contributed by atoms with van der Waals surface area (Å²) in [4.78, 5) is -0.392. The van der Waals surface area contributed by atoms with Gasteiger partial charge in [-0.05, 0) is 48.9 Å². The van der Waals surface area contributed by atoms with E-state index in [0.29, 0.717) is 5.56 Å². The summed E-state index contributed by atoms with van der Waals surface area (Å²) < 4.78 is 99.0. The molecule has 3 aromatic carbocycles. The molecule has 31 heavy (non-hydrogen) atoms. The van der Waals surface area contributed by atoms with Gasteiger partial charge in [0.2, 0.25) is 0 Å². The van der Waals surface area contributed by atoms with Crippen LogP contribution < -0.4 is 14.8 Å². The molecule has 0 saturated heterocycles. The zero-order valence-corrected chi connectivity index (χ0v) is 16.5. The standard InChI is InChI=1S/C20H14F6N2O2S/c1-11-6-8-14(13(22)10-11)27-19-15(9-7-12(21)18(19)23)28-31(29)17-5-3-2-4-16(17)30-20(24,25)26/h2-10,27-28H,1H3. The Balaban J connectivity index is 1.96. The Bertz CT molecular complexity index is 1140. The molecular formula is C20H14F6N2O2S. The van der Waals surface area contributed by atoms with Crippen molar-refractivity contribution >= 4 is 28.0 Å². The number of para-hydroxylation sites is 1. The van der Waals surface area contributed by atoms with Crippen LogP contribution in [0.5, 0.6) is 5.75 Å². The molecule has 0 aromatic heterocycles. The van der Waals surface area contributed by atoms with Gasteiger partial charge in [0.1, 0.15) is 22.1 Å². The highest BCUT2D eigenvalue weighted by Crippen LogP contribution is 2.34. The molecule has 164 valence electrons. The number of rotatable bonds is 6. The lowest BCUT2D eigenvalue weighted by Crippen LogP contribution is -2.19. The predicted octanol–water partition coefficient (Wildman–Crippen LogP) is 6.19. The highest BCUT2D eigenvalue weighted by atomic mass is 32.2. The quantitative estimate of drug-likeness (QED) is 0.432. The van der Waals surface area contributed by atoms with Crippen molar-refractivity contribution in [1.29, 1.82) is 0 Å². The molecule has 2 N–H and O–H groups in total. The summed E-state index contributed by atoms with van der Waals surface area (Å²) in [5, 5.41) is 2.39. The van der Waals surface area contributed by atoms with E-state index in [1.807, 2.05) is 0 Å². The summed E-state index contributed by atoms with van der Waals surface area (Å²) in [7, 11) is -2.37. The fourth-order valence-electron chi connectivity index (χ4n) is 2.58. The number of ether oxygens (including phenoxy) is 1. The molecule has 3 aromatic rings. The third-order valence-electron chi connectivity index (χ3n) is 3.96. The minimum absolute atomic E-state index is 0.190. The maximum absolute atomic E-state index is 14.4. The minimum Gasteiger partial charge on any atom is -0.404 e. The number of benzene rings is 3. The Hall–Kier alpha value is -3.21. The SMILES string of the molecule is Cc1ccc(Nc2c(NS(=O)c3ccccc3OC(F)(F)F)ccc(F)c2F)c(F)c1. The second-order valence-corrected chi connectivity index (χ2v) is 7.44. The van der Waals surface area contributed by atoms with Crippen LogP contribution in [0.1, 0.15) is 5.56 Å². The minimum atomic E-state index is -5.03. The highest BCUT2D eigenvalue weighted by Gasteiger charge is 2.33. The molecule has 1 atom stereocenters. The highest BCUT2D eigenvalue weighted by molar-refractivity contribution is 7.86. The van der Waals surface area contributed by atoms with Gasteiger partial charge in [0.25, 0.3) is 0 Å². The first-order chi connectivity index (χ1) is 14.5. The molecule has 0 aliphatic carbocycles. The second-order valence-electron chi connectivity index (χ2n) is 6.26. The van der Waals surface area contributed by atoms with Crippen LogP contribution >= 0.6 is 0 Å². The molecule has 0 heterocycles. The van der Waals surface area contributed by atoms with E-state index >= 15 is 0 Å². The smallest absolute Gasteiger partial charge is 0.404 e. The lowest BCUT2D eigenvalue weighted by molar-refractivity contribution is -0.275. The molecule has 0 bridgehead atoms. The van der Waals surface area contributed by atoms with E-state index in [1.165, 1.54) is 24.3 Å². The third kappa shape index (κ3) is 5.48. The Morgan fingerprint density at radius 2 is 1.58 bits per heavy atom. The van der Waals surface area contributed by atoms with Gasteiger partial charge in [0.15, 0.2) is 22.6 Å². The summed E-state index contributed by atoms with van der Waals surface area (Å²) in [6.07, 6.45) is -5.03. The van der Waals surface area contributed by atoms with Crippen LogP contribution in [0, 0.1) is 24.4 Å². The van der Waals surface area contributed by atoms with E-state index in [1.54, 1.807) is 6.92 Å². The topological polar surface area (TPSA) is 50.4 Å². The van der Waals surface area contributed by atoms with Gasteiger partial charge in [-0.3, -0.25) is 4.72 Å². The van der Waals surface area contributed by atoms with Crippen molar-refractivity contribution in [3.63, 3.8) is 0 Å². The molecule has 0 radical (unpaired) electrons. The number of nitrogens with one attached hydrogen (secondary N) is 2. The maximum atomic E-state index is 14.4. The number of anilines is 3. The van der Waals surface area contributed by atoms with Gasteiger partial charge in [-0.25, -0.2) is 17.4 Å². The molecule has 1 unspecified atom stereocenters. The Morgan fingerprint density at radius 3 is 2.26 bits per heavy atom. The third-order valence-corrected chi connectivity index (χ3v) is 5.10. The van der Waals surface area contributed by atoms with Gasteiger partial charge >= 0.3 is 6.36 Å². The van der Waals surface area contributed by atoms with E-state index in [9.17, 15) is 30.6 Å². The maximum Gasteiger partial charge on any atom is 0.573 e. The van der Waals surface area contributed by atoms with Gasteiger partial charge in [0, 0.05) is 0 Å². The fourth-order valence-corrected chi connectivity index (χ4v) is 3.56. The average molecular weight is 460 g/mol. The van der Waals surface area contributed by atoms with Gasteiger partial charge in [-0.2, -0.15) is 0 Å². The molecule has 0 fully saturated rings. The number of hydrogen-bond donors (Lipinski definition) is 2. The summed E-state index contributed by atoms with van der Waals surface area (Å²) >= 11 is 0. The molecule has 11 heteroatoms. The summed E-state index contributed by atoms with van der Waals surface area (Å²) in [6.45, 7) is 1.63. The monoisotopic (exact) mass is 460 g/mol. The van der Waals surface area contributed by atoms with Crippen molar-refractivity contribution in [2.45, 2.75) is 18.2 Å². The van der Waals surface area contributed by atoms with Crippen molar-refractivity contribution in [1.82, 2.24) is 0 Å². The van der Waals surface area contributed by atoms with Crippen LogP contribution in [0.3, 0.4) is 0 Å². The molecule has 0 amide bonds. The molecule has 4 nitrogen and oxygen atoms in total. The van der Waals surface area contributed by atoms with Crippen LogP contribution in [0.15, 0.2) is 59.5 Å². The van der Waals surface area contributed by atoms with Crippen LogP contribution in [-0.4, -0.2) is 10.6 Å². The first-order valence-corrected chi connectivity index (χ1v) is 9.74. The lowest BCUT2D eigenvalue weighted by Gasteiger charge is -2.17. The van der Waals surface area contributed by atoms with E-state index in [0.717, 1.165) is 30.3 Å². The first kappa shape index (κ1) is 22.5. The van der Waals surface area contributed by atoms with Gasteiger partial charge in [-0.1, -0.05) is 18.2 Å². The molecule has 0 saturated carbocycles. The molecule has 0 spiro atoms. The summed E-state index contributed by atoms with van der Waals surface area (Å²) in [5.41, 5.74) is -0.461. The van der Waals surface area contributed by atoms with Crippen LogP contribution in [0.4, 0.5) is 43.4 Å². The number of hydrogen-bond acceptors (Lipinski definition) is 3. The summed E-state index contributed by atoms with van der Waals surface area (Å²) in [6, 6.07) is 10.3. The largest absolute Gasteiger partial charge is 0.573 e. The Morgan fingerprint density at radius 1 is 0.903 bits per heavy atom. The Labute approximate surface area is 175 Å². The van der Waals surface area contributed by atoms with Crippen LogP contribution in [-0.2, 0) is 11.0 Å². The van der Waals surface area contributed by atoms with E-state index in [2.05, 4.69) is 14.8 Å². The molecule has 0 aliphatic heterocycles. The molecule has 0 aliphatic rings. The van der Waals surface area contributed by atoms with Crippen molar-refractivity contribution in [2.75, 3.05) is 10.0 Å². The van der Waals surface area contributed by atoms with Gasteiger partial charge < -0.3 is 10.1 Å². The van der Waals surface area contributed by atoms with Crippen molar-refractivity contribution in [3.05, 3.63) is 77.6 Å². The van der Waals surface area contributed by atoms with E-state index in [-0.39, 0.29) is 11.4 Å². The second kappa shape index (κ2) is 8.88. The lowest BCUT2D eigenvalue weighted by atomic mass is 10.2. The molecular weight excluding hydrogens is 446 g/mol. The fraction of sp³-hybridized carbons (Fsp3) is 0.100. The molecule has 3 rings (SSSR count). The zero-order chi connectivity index (χ0) is 22.8. The average Bonchev–Trinajstić information content (AvgIpc) is 2.68. The first-order valence-electron chi connectivity index (χ1n) is 8.59.